The maximum atomic E-state index is 12.8. The number of hydrogen-bond acceptors (Lipinski definition) is 10. The highest BCUT2D eigenvalue weighted by atomic mass is 33.1. The lowest BCUT2D eigenvalue weighted by molar-refractivity contribution is -0.167. The molecule has 9 nitrogen and oxygen atoms in total. The Balaban J connectivity index is 2.52. The summed E-state index contributed by atoms with van der Waals surface area (Å²) in [6, 6.07) is 9.56. The number of benzene rings is 1. The summed E-state index contributed by atoms with van der Waals surface area (Å²) < 4.78 is 25.5. The van der Waals surface area contributed by atoms with E-state index < -0.39 is 29.2 Å². The molecule has 192 valence electrons. The molecule has 0 bridgehead atoms. The number of amides is 1. The molecule has 0 heterocycles. The van der Waals surface area contributed by atoms with Crippen LogP contribution in [0.5, 0.6) is 0 Å². The average Bonchev–Trinajstić information content (AvgIpc) is 2.78. The molecule has 1 aromatic carbocycles. The molecule has 0 aliphatic rings. The normalized spacial score (nSPS) is 14.4. The highest BCUT2D eigenvalue weighted by molar-refractivity contribution is 8.76. The summed E-state index contributed by atoms with van der Waals surface area (Å²) in [4.78, 5) is 36.1. The number of rotatable bonds is 16. The number of ether oxygens (including phenoxy) is 3. The molecule has 4 atom stereocenters. The van der Waals surface area contributed by atoms with Gasteiger partial charge in [0, 0.05) is 47.3 Å². The predicted octanol–water partition coefficient (Wildman–Crippen LogP) is 2.50. The highest BCUT2D eigenvalue weighted by Gasteiger charge is 2.22. The average molecular weight is 535 g/mol. The summed E-state index contributed by atoms with van der Waals surface area (Å²) in [6.07, 6.45) is 0.784. The van der Waals surface area contributed by atoms with E-state index in [0.717, 1.165) is 5.56 Å². The Hall–Kier alpha value is -1.76. The minimum Gasteiger partial charge on any atom is -0.435 e. The maximum Gasteiger partial charge on any atom is 0.511 e. The van der Waals surface area contributed by atoms with Crippen LogP contribution in [0, 0.1) is 5.92 Å². The number of hydrogen-bond donors (Lipinski definition) is 2. The van der Waals surface area contributed by atoms with Crippen molar-refractivity contribution in [3.63, 3.8) is 0 Å². The van der Waals surface area contributed by atoms with Gasteiger partial charge in [-0.2, -0.15) is 0 Å². The molecule has 0 saturated heterocycles. The second kappa shape index (κ2) is 17.6. The predicted molar refractivity (Wildman–Crippen MR) is 137 cm³/mol. The maximum absolute atomic E-state index is 12.8. The zero-order chi connectivity index (χ0) is 25.3. The molecule has 12 heteroatoms. The first-order chi connectivity index (χ1) is 16.2. The summed E-state index contributed by atoms with van der Waals surface area (Å²) in [5.74, 6) is 0.399. The van der Waals surface area contributed by atoms with Gasteiger partial charge in [-0.05, 0) is 25.3 Å². The van der Waals surface area contributed by atoms with Crippen LogP contribution in [-0.2, 0) is 41.0 Å². The van der Waals surface area contributed by atoms with Gasteiger partial charge in [-0.1, -0.05) is 51.9 Å². The van der Waals surface area contributed by atoms with E-state index in [1.807, 2.05) is 30.3 Å². The zero-order valence-electron chi connectivity index (χ0n) is 19.7. The van der Waals surface area contributed by atoms with E-state index in [9.17, 15) is 18.6 Å². The fraction of sp³-hybridized carbons (Fsp3) is 0.591. The second-order valence-corrected chi connectivity index (χ2v) is 11.5. The van der Waals surface area contributed by atoms with Crippen molar-refractivity contribution in [3.8, 4) is 0 Å². The van der Waals surface area contributed by atoms with Crippen molar-refractivity contribution < 1.29 is 32.8 Å². The van der Waals surface area contributed by atoms with Gasteiger partial charge < -0.3 is 25.3 Å². The summed E-state index contributed by atoms with van der Waals surface area (Å²) in [5, 5.41) is 2.60. The molecule has 0 spiro atoms. The highest BCUT2D eigenvalue weighted by Crippen LogP contribution is 2.26. The van der Waals surface area contributed by atoms with Gasteiger partial charge in [-0.3, -0.25) is 13.8 Å². The van der Waals surface area contributed by atoms with Crippen LogP contribution in [0.1, 0.15) is 25.8 Å². The summed E-state index contributed by atoms with van der Waals surface area (Å²) in [7, 11) is 2.25. The van der Waals surface area contributed by atoms with E-state index in [2.05, 4.69) is 10.1 Å². The van der Waals surface area contributed by atoms with Crippen LogP contribution in [0.25, 0.3) is 0 Å². The topological polar surface area (TPSA) is 134 Å². The third-order valence-corrected chi connectivity index (χ3v) is 7.73. The van der Waals surface area contributed by atoms with Gasteiger partial charge in [0.15, 0.2) is 0 Å². The van der Waals surface area contributed by atoms with E-state index in [1.54, 1.807) is 34.8 Å². The Kier molecular flexibility index (Phi) is 15.7. The van der Waals surface area contributed by atoms with Gasteiger partial charge in [0.25, 0.3) is 0 Å². The Morgan fingerprint density at radius 3 is 2.44 bits per heavy atom. The fourth-order valence-corrected chi connectivity index (χ4v) is 5.83. The lowest BCUT2D eigenvalue weighted by Crippen LogP contribution is -2.38. The Labute approximate surface area is 211 Å². The van der Waals surface area contributed by atoms with Crippen LogP contribution in [0.3, 0.4) is 0 Å². The van der Waals surface area contributed by atoms with Gasteiger partial charge in [0.1, 0.15) is 6.54 Å². The van der Waals surface area contributed by atoms with Gasteiger partial charge in [-0.15, -0.1) is 0 Å². The molecular formula is C22H34N2O7S3. The van der Waals surface area contributed by atoms with Crippen LogP contribution in [0.15, 0.2) is 30.3 Å². The molecule has 0 aliphatic carbocycles. The number of carbonyl (C=O) groups is 3. The van der Waals surface area contributed by atoms with E-state index >= 15 is 0 Å². The molecule has 0 saturated carbocycles. The third kappa shape index (κ3) is 14.5. The number of nitrogens with one attached hydrogen (secondary N) is 1. The molecule has 2 unspecified atom stereocenters. The summed E-state index contributed by atoms with van der Waals surface area (Å²) in [5.41, 5.74) is 7.06. The van der Waals surface area contributed by atoms with Gasteiger partial charge in [0.2, 0.25) is 12.2 Å². The minimum absolute atomic E-state index is 0.0589. The van der Waals surface area contributed by atoms with Crippen LogP contribution >= 0.6 is 21.6 Å². The van der Waals surface area contributed by atoms with Crippen molar-refractivity contribution in [1.82, 2.24) is 5.32 Å². The van der Waals surface area contributed by atoms with Crippen molar-refractivity contribution in [3.05, 3.63) is 35.9 Å². The zero-order valence-corrected chi connectivity index (χ0v) is 22.2. The molecule has 3 N–H and O–H groups in total. The van der Waals surface area contributed by atoms with E-state index in [1.165, 1.54) is 6.92 Å². The van der Waals surface area contributed by atoms with E-state index in [-0.39, 0.29) is 31.0 Å². The molecule has 34 heavy (non-hydrogen) atoms. The fourth-order valence-electron chi connectivity index (χ4n) is 2.63. The first-order valence-electron chi connectivity index (χ1n) is 10.9. The molecule has 1 rings (SSSR count). The quantitative estimate of drug-likeness (QED) is 0.141. The molecule has 1 aromatic rings. The van der Waals surface area contributed by atoms with E-state index in [0.29, 0.717) is 30.1 Å². The smallest absolute Gasteiger partial charge is 0.435 e. The van der Waals surface area contributed by atoms with Gasteiger partial charge >= 0.3 is 12.1 Å². The molecule has 0 fully saturated rings. The Morgan fingerprint density at radius 1 is 1.12 bits per heavy atom. The molecule has 0 aliphatic heterocycles. The molecule has 0 radical (unpaired) electrons. The monoisotopic (exact) mass is 534 g/mol. The summed E-state index contributed by atoms with van der Waals surface area (Å²) in [6.45, 7) is 2.80. The van der Waals surface area contributed by atoms with Crippen LogP contribution in [-0.4, -0.2) is 71.2 Å². The van der Waals surface area contributed by atoms with Gasteiger partial charge in [-0.25, -0.2) is 4.79 Å². The first kappa shape index (κ1) is 30.3. The van der Waals surface area contributed by atoms with Crippen molar-refractivity contribution in [1.29, 1.82) is 0 Å². The van der Waals surface area contributed by atoms with Crippen molar-refractivity contribution in [2.45, 2.75) is 39.0 Å². The number of esters is 1. The van der Waals surface area contributed by atoms with Crippen molar-refractivity contribution in [2.24, 2.45) is 11.7 Å². The lowest BCUT2D eigenvalue weighted by Gasteiger charge is -2.18. The van der Waals surface area contributed by atoms with Crippen LogP contribution in [0.4, 0.5) is 4.79 Å². The molecule has 0 aromatic heterocycles. The Bertz CT molecular complexity index is 783. The van der Waals surface area contributed by atoms with Crippen molar-refractivity contribution >= 4 is 50.4 Å². The van der Waals surface area contributed by atoms with Crippen molar-refractivity contribution in [2.75, 3.05) is 36.7 Å². The second-order valence-electron chi connectivity index (χ2n) is 7.36. The Morgan fingerprint density at radius 2 is 1.79 bits per heavy atom. The first-order valence-corrected chi connectivity index (χ1v) is 15.1. The lowest BCUT2D eigenvalue weighted by atomic mass is 10.0. The summed E-state index contributed by atoms with van der Waals surface area (Å²) >= 11 is 0. The standard InChI is InChI=1S/C22H34N2O7S3/c1-4-29-22(27)31-16(2)30-20(25)13-24-21(26)18(12-17-8-6-5-7-9-17)14-32-33-15-19(23)10-11-34(3)28/h5-9,16,18-19H,4,10-15,23H2,1-3H3,(H,24,26)/t16?,18-,19+,34?/m1/s1. The minimum atomic E-state index is -1.13. The third-order valence-electron chi connectivity index (χ3n) is 4.34. The number of carbonyl (C=O) groups excluding carboxylic acids is 3. The number of nitrogens with two attached hydrogens (primary N) is 1. The van der Waals surface area contributed by atoms with E-state index in [4.69, 9.17) is 15.2 Å². The van der Waals surface area contributed by atoms with Crippen LogP contribution in [0.2, 0.25) is 0 Å². The largest absolute Gasteiger partial charge is 0.511 e. The SMILES string of the molecule is CCOC(=O)OC(C)OC(=O)CNC(=O)[C@@H](CSSC[C@@H](N)CCS(C)=O)Cc1ccccc1. The van der Waals surface area contributed by atoms with Crippen LogP contribution < -0.4 is 11.1 Å². The van der Waals surface area contributed by atoms with Gasteiger partial charge in [0.05, 0.1) is 12.5 Å². The molecular weight excluding hydrogens is 500 g/mol. The molecule has 1 amide bonds.